The predicted molar refractivity (Wildman–Crippen MR) is 87.6 cm³/mol. The zero-order valence-corrected chi connectivity index (χ0v) is 13.3. The van der Waals surface area contributed by atoms with E-state index in [0.29, 0.717) is 13.1 Å². The van der Waals surface area contributed by atoms with Crippen LogP contribution in [0.4, 0.5) is 13.2 Å². The number of hydrogen-bond donors (Lipinski definition) is 3. The Morgan fingerprint density at radius 2 is 1.76 bits per heavy atom. The van der Waals surface area contributed by atoms with Crippen LogP contribution in [0.15, 0.2) is 54.6 Å². The van der Waals surface area contributed by atoms with Crippen LogP contribution < -0.4 is 16.2 Å². The number of rotatable bonds is 4. The highest BCUT2D eigenvalue weighted by atomic mass is 19.4. The van der Waals surface area contributed by atoms with Gasteiger partial charge in [-0.25, -0.2) is 5.43 Å². The monoisotopic (exact) mass is 349 g/mol. The molecular formula is C18H18F3N3O. The highest BCUT2D eigenvalue weighted by molar-refractivity contribution is 5.94. The maximum absolute atomic E-state index is 12.6. The van der Waals surface area contributed by atoms with Gasteiger partial charge >= 0.3 is 6.18 Å². The summed E-state index contributed by atoms with van der Waals surface area (Å²) in [5.41, 5.74) is 6.82. The van der Waals surface area contributed by atoms with Crippen LogP contribution in [0, 0.1) is 5.92 Å². The van der Waals surface area contributed by atoms with Gasteiger partial charge < -0.3 is 5.32 Å². The third-order valence-corrected chi connectivity index (χ3v) is 4.25. The second-order valence-corrected chi connectivity index (χ2v) is 5.96. The summed E-state index contributed by atoms with van der Waals surface area (Å²) >= 11 is 0. The molecule has 3 rings (SSSR count). The van der Waals surface area contributed by atoms with Crippen molar-refractivity contribution in [3.05, 3.63) is 71.3 Å². The zero-order valence-electron chi connectivity index (χ0n) is 13.3. The van der Waals surface area contributed by atoms with E-state index in [-0.39, 0.29) is 23.4 Å². The summed E-state index contributed by atoms with van der Waals surface area (Å²) in [4.78, 5) is 12.2. The molecule has 25 heavy (non-hydrogen) atoms. The molecule has 1 amide bonds. The largest absolute Gasteiger partial charge is 0.416 e. The molecule has 1 aliphatic rings. The molecule has 2 aromatic rings. The number of hydrogen-bond acceptors (Lipinski definition) is 3. The lowest BCUT2D eigenvalue weighted by Crippen LogP contribution is -2.32. The summed E-state index contributed by atoms with van der Waals surface area (Å²) < 4.78 is 37.7. The number of hydrazine groups is 1. The third kappa shape index (κ3) is 4.18. The van der Waals surface area contributed by atoms with Crippen molar-refractivity contribution in [2.75, 3.05) is 13.1 Å². The first-order chi connectivity index (χ1) is 11.9. The molecule has 7 heteroatoms. The molecule has 1 heterocycles. The Morgan fingerprint density at radius 3 is 2.40 bits per heavy atom. The van der Waals surface area contributed by atoms with Crippen LogP contribution in [-0.4, -0.2) is 19.0 Å². The summed E-state index contributed by atoms with van der Waals surface area (Å²) in [7, 11) is 0. The van der Waals surface area contributed by atoms with Crippen molar-refractivity contribution < 1.29 is 18.0 Å². The van der Waals surface area contributed by atoms with Crippen LogP contribution in [0.5, 0.6) is 0 Å². The van der Waals surface area contributed by atoms with E-state index in [1.807, 2.05) is 30.3 Å². The van der Waals surface area contributed by atoms with Gasteiger partial charge in [-0.3, -0.25) is 10.2 Å². The number of halogens is 3. The van der Waals surface area contributed by atoms with Crippen LogP contribution >= 0.6 is 0 Å². The van der Waals surface area contributed by atoms with E-state index in [0.717, 1.165) is 17.7 Å². The maximum atomic E-state index is 12.6. The van der Waals surface area contributed by atoms with E-state index in [9.17, 15) is 18.0 Å². The van der Waals surface area contributed by atoms with Crippen LogP contribution in [0.2, 0.25) is 0 Å². The van der Waals surface area contributed by atoms with E-state index in [2.05, 4.69) is 16.2 Å². The fourth-order valence-corrected chi connectivity index (χ4v) is 2.88. The third-order valence-electron chi connectivity index (χ3n) is 4.25. The first-order valence-electron chi connectivity index (χ1n) is 7.94. The van der Waals surface area contributed by atoms with Gasteiger partial charge in [0.1, 0.15) is 0 Å². The molecule has 0 radical (unpaired) electrons. The van der Waals surface area contributed by atoms with Crippen LogP contribution in [0.1, 0.15) is 27.5 Å². The first kappa shape index (κ1) is 17.4. The molecule has 2 unspecified atom stereocenters. The molecule has 1 fully saturated rings. The average molecular weight is 349 g/mol. The van der Waals surface area contributed by atoms with Gasteiger partial charge in [0.15, 0.2) is 0 Å². The number of nitrogens with one attached hydrogen (secondary N) is 3. The minimum atomic E-state index is -4.40. The number of alkyl halides is 3. The lowest BCUT2D eigenvalue weighted by Gasteiger charge is -2.19. The molecule has 2 atom stereocenters. The number of amides is 1. The Balaban J connectivity index is 1.60. The van der Waals surface area contributed by atoms with Gasteiger partial charge in [-0.05, 0) is 29.8 Å². The molecule has 0 spiro atoms. The molecular weight excluding hydrogens is 331 g/mol. The second-order valence-electron chi connectivity index (χ2n) is 5.96. The molecule has 3 N–H and O–H groups in total. The summed E-state index contributed by atoms with van der Waals surface area (Å²) in [6, 6.07) is 14.1. The van der Waals surface area contributed by atoms with Crippen LogP contribution in [0.25, 0.3) is 0 Å². The Kier molecular flexibility index (Phi) is 5.06. The molecule has 2 aromatic carbocycles. The Morgan fingerprint density at radius 1 is 1.08 bits per heavy atom. The Labute approximate surface area is 143 Å². The number of carbonyl (C=O) groups is 1. The smallest absolute Gasteiger partial charge is 0.352 e. The maximum Gasteiger partial charge on any atom is 0.416 e. The van der Waals surface area contributed by atoms with Crippen molar-refractivity contribution in [1.29, 1.82) is 0 Å². The lowest BCUT2D eigenvalue weighted by atomic mass is 9.95. The van der Waals surface area contributed by atoms with Crippen molar-refractivity contribution in [2.45, 2.75) is 12.2 Å². The SMILES string of the molecule is O=C(NCC1CNNC1c1ccccc1)c1ccc(C(F)(F)F)cc1. The van der Waals surface area contributed by atoms with E-state index >= 15 is 0 Å². The van der Waals surface area contributed by atoms with Crippen molar-refractivity contribution >= 4 is 5.91 Å². The van der Waals surface area contributed by atoms with Gasteiger partial charge in [-0.2, -0.15) is 13.2 Å². The van der Waals surface area contributed by atoms with Crippen molar-refractivity contribution in [3.8, 4) is 0 Å². The Hall–Kier alpha value is -2.38. The van der Waals surface area contributed by atoms with Gasteiger partial charge in [0.2, 0.25) is 0 Å². The summed E-state index contributed by atoms with van der Waals surface area (Å²) in [6.07, 6.45) is -4.40. The molecule has 1 saturated heterocycles. The van der Waals surface area contributed by atoms with Gasteiger partial charge in [-0.1, -0.05) is 30.3 Å². The van der Waals surface area contributed by atoms with E-state index in [1.54, 1.807) is 0 Å². The predicted octanol–water partition coefficient (Wildman–Crippen LogP) is 2.90. The second kappa shape index (κ2) is 7.25. The quantitative estimate of drug-likeness (QED) is 0.796. The van der Waals surface area contributed by atoms with Gasteiger partial charge in [0.25, 0.3) is 5.91 Å². The van der Waals surface area contributed by atoms with Gasteiger partial charge in [-0.15, -0.1) is 0 Å². The standard InChI is InChI=1S/C18H18F3N3O/c19-18(20,21)15-8-6-13(7-9-15)17(25)22-10-14-11-23-24-16(14)12-4-2-1-3-5-12/h1-9,14,16,23-24H,10-11H2,(H,22,25). The van der Waals surface area contributed by atoms with Crippen molar-refractivity contribution in [1.82, 2.24) is 16.2 Å². The number of benzene rings is 2. The molecule has 0 aromatic heterocycles. The van der Waals surface area contributed by atoms with E-state index in [4.69, 9.17) is 0 Å². The van der Waals surface area contributed by atoms with Crippen molar-refractivity contribution in [3.63, 3.8) is 0 Å². The van der Waals surface area contributed by atoms with Gasteiger partial charge in [0.05, 0.1) is 11.6 Å². The summed E-state index contributed by atoms with van der Waals surface area (Å²) in [5.74, 6) is -0.242. The minimum Gasteiger partial charge on any atom is -0.352 e. The molecule has 0 saturated carbocycles. The minimum absolute atomic E-state index is 0.0640. The lowest BCUT2D eigenvalue weighted by molar-refractivity contribution is -0.137. The van der Waals surface area contributed by atoms with Crippen LogP contribution in [-0.2, 0) is 6.18 Å². The zero-order chi connectivity index (χ0) is 17.9. The highest BCUT2D eigenvalue weighted by Gasteiger charge is 2.31. The highest BCUT2D eigenvalue weighted by Crippen LogP contribution is 2.29. The fraction of sp³-hybridized carbons (Fsp3) is 0.278. The molecule has 0 bridgehead atoms. The van der Waals surface area contributed by atoms with Crippen molar-refractivity contribution in [2.24, 2.45) is 5.92 Å². The summed E-state index contributed by atoms with van der Waals surface area (Å²) in [6.45, 7) is 1.10. The summed E-state index contributed by atoms with van der Waals surface area (Å²) in [5, 5.41) is 2.80. The number of carbonyl (C=O) groups excluding carboxylic acids is 1. The molecule has 4 nitrogen and oxygen atoms in total. The van der Waals surface area contributed by atoms with E-state index in [1.165, 1.54) is 12.1 Å². The molecule has 132 valence electrons. The molecule has 1 aliphatic heterocycles. The fourth-order valence-electron chi connectivity index (χ4n) is 2.88. The van der Waals surface area contributed by atoms with Gasteiger partial charge in [0, 0.05) is 24.6 Å². The Bertz CT molecular complexity index is 717. The average Bonchev–Trinajstić information content (AvgIpc) is 3.08. The van der Waals surface area contributed by atoms with E-state index < -0.39 is 11.7 Å². The topological polar surface area (TPSA) is 53.2 Å². The first-order valence-corrected chi connectivity index (χ1v) is 7.94. The molecule has 0 aliphatic carbocycles. The van der Waals surface area contributed by atoms with Crippen LogP contribution in [0.3, 0.4) is 0 Å². The normalized spacial score (nSPS) is 20.4.